The molecule has 0 aromatic rings. The van der Waals surface area contributed by atoms with Gasteiger partial charge in [0.25, 0.3) is 0 Å². The lowest BCUT2D eigenvalue weighted by Crippen LogP contribution is -2.34. The zero-order chi connectivity index (χ0) is 17.8. The van der Waals surface area contributed by atoms with E-state index in [1.54, 1.807) is 6.92 Å². The molecule has 22 heavy (non-hydrogen) atoms. The molecule has 0 heterocycles. The normalized spacial score (nSPS) is 14.5. The Hall–Kier alpha value is -0.910. The van der Waals surface area contributed by atoms with Gasteiger partial charge in [0, 0.05) is 13.5 Å². The fraction of sp³-hybridized carbons (Fsp3) is 0.875. The minimum atomic E-state index is -0.922. The van der Waals surface area contributed by atoms with E-state index in [9.17, 15) is 4.79 Å². The van der Waals surface area contributed by atoms with Crippen LogP contribution in [-0.2, 0) is 9.47 Å². The molecule has 0 aliphatic carbocycles. The summed E-state index contributed by atoms with van der Waals surface area (Å²) >= 11 is 0. The van der Waals surface area contributed by atoms with E-state index >= 15 is 0 Å². The van der Waals surface area contributed by atoms with Crippen molar-refractivity contribution in [2.24, 2.45) is 5.10 Å². The fourth-order valence-electron chi connectivity index (χ4n) is 1.16. The van der Waals surface area contributed by atoms with Gasteiger partial charge in [-0.3, -0.25) is 0 Å². The van der Waals surface area contributed by atoms with Gasteiger partial charge in [0.1, 0.15) is 11.5 Å². The predicted molar refractivity (Wildman–Crippen MR) is 96.9 cm³/mol. The first-order chi connectivity index (χ1) is 9.69. The highest BCUT2D eigenvalue weighted by molar-refractivity contribution is 8.33. The molecule has 0 saturated carbocycles. The molecule has 0 aliphatic heterocycles. The van der Waals surface area contributed by atoms with E-state index in [0.29, 0.717) is 18.4 Å². The van der Waals surface area contributed by atoms with Gasteiger partial charge in [-0.05, 0) is 45.0 Å². The van der Waals surface area contributed by atoms with Crippen LogP contribution in [0.4, 0.5) is 4.79 Å². The zero-order valence-corrected chi connectivity index (χ0v) is 16.8. The third kappa shape index (κ3) is 7.38. The quantitative estimate of drug-likeness (QED) is 0.434. The topological polar surface area (TPSA) is 51.1 Å². The van der Waals surface area contributed by atoms with Crippen LogP contribution in [0.25, 0.3) is 0 Å². The first-order valence-electron chi connectivity index (χ1n) is 7.59. The Kier molecular flexibility index (Phi) is 7.26. The Morgan fingerprint density at radius 2 is 1.64 bits per heavy atom. The number of carbonyl (C=O) groups is 1. The van der Waals surface area contributed by atoms with Crippen molar-refractivity contribution >= 4 is 22.0 Å². The maximum Gasteiger partial charge on any atom is 0.431 e. The highest BCUT2D eigenvalue weighted by Gasteiger charge is 2.28. The van der Waals surface area contributed by atoms with Gasteiger partial charge >= 0.3 is 6.09 Å². The molecular formula is C16H34N2O3S. The van der Waals surface area contributed by atoms with Gasteiger partial charge in [0.15, 0.2) is 0 Å². The molecule has 5 nitrogen and oxygen atoms in total. The average molecular weight is 335 g/mol. The minimum absolute atomic E-state index is 0.197. The van der Waals surface area contributed by atoms with Crippen molar-refractivity contribution in [3.8, 4) is 0 Å². The molecule has 0 aromatic carbocycles. The SMILES string of the molecule is CCN(/N=C(\C)OCS(C)(C)C(C)(C)C)C(=O)OC(C)(C)C. The van der Waals surface area contributed by atoms with E-state index < -0.39 is 21.7 Å². The summed E-state index contributed by atoms with van der Waals surface area (Å²) in [5.74, 6) is 1.11. The van der Waals surface area contributed by atoms with Gasteiger partial charge in [-0.1, -0.05) is 20.8 Å². The standard InChI is InChI=1S/C16H34N2O3S/c1-11-18(14(19)21-15(3,4)5)17-13(2)20-12-22(9,10)16(6,7)8/h11-12H2,1-10H3/b17-13+. The highest BCUT2D eigenvalue weighted by atomic mass is 32.3. The molecule has 0 aliphatic rings. The third-order valence-corrected chi connectivity index (χ3v) is 7.41. The summed E-state index contributed by atoms with van der Waals surface area (Å²) in [7, 11) is -0.922. The summed E-state index contributed by atoms with van der Waals surface area (Å²) in [6.07, 6.45) is 4.03. The molecular weight excluding hydrogens is 300 g/mol. The minimum Gasteiger partial charge on any atom is -0.470 e. The molecule has 0 N–H and O–H groups in total. The second kappa shape index (κ2) is 7.57. The molecule has 0 radical (unpaired) electrons. The number of hydrogen-bond donors (Lipinski definition) is 0. The Morgan fingerprint density at radius 1 is 1.14 bits per heavy atom. The second-order valence-electron chi connectivity index (χ2n) is 7.73. The van der Waals surface area contributed by atoms with Gasteiger partial charge in [-0.25, -0.2) is 14.8 Å². The van der Waals surface area contributed by atoms with Gasteiger partial charge < -0.3 is 9.47 Å². The van der Waals surface area contributed by atoms with Crippen LogP contribution in [0, 0.1) is 0 Å². The van der Waals surface area contributed by atoms with Crippen molar-refractivity contribution in [3.63, 3.8) is 0 Å². The molecule has 0 spiro atoms. The Balaban J connectivity index is 4.78. The van der Waals surface area contributed by atoms with E-state index in [4.69, 9.17) is 9.47 Å². The lowest BCUT2D eigenvalue weighted by Gasteiger charge is -2.43. The molecule has 1 amide bonds. The molecule has 0 unspecified atom stereocenters. The van der Waals surface area contributed by atoms with E-state index in [1.807, 2.05) is 27.7 Å². The molecule has 0 bridgehead atoms. The van der Waals surface area contributed by atoms with Gasteiger partial charge in [0.05, 0.1) is 0 Å². The molecule has 0 fully saturated rings. The number of rotatable bonds is 4. The van der Waals surface area contributed by atoms with Gasteiger partial charge in [-0.2, -0.15) is 5.01 Å². The molecule has 0 atom stereocenters. The Morgan fingerprint density at radius 3 is 2.00 bits per heavy atom. The van der Waals surface area contributed by atoms with Gasteiger partial charge in [0.2, 0.25) is 5.90 Å². The van der Waals surface area contributed by atoms with Crippen LogP contribution in [0.15, 0.2) is 5.10 Å². The van der Waals surface area contributed by atoms with Crippen LogP contribution in [0.3, 0.4) is 0 Å². The first-order valence-corrected chi connectivity index (χ1v) is 10.2. The number of hydrogen-bond acceptors (Lipinski definition) is 4. The van der Waals surface area contributed by atoms with Crippen LogP contribution in [0.5, 0.6) is 0 Å². The average Bonchev–Trinajstić information content (AvgIpc) is 2.29. The monoisotopic (exact) mass is 334 g/mol. The van der Waals surface area contributed by atoms with E-state index in [0.717, 1.165) is 0 Å². The van der Waals surface area contributed by atoms with Crippen LogP contribution >= 0.6 is 10.0 Å². The van der Waals surface area contributed by atoms with Crippen molar-refractivity contribution in [2.75, 3.05) is 25.0 Å². The fourth-order valence-corrected chi connectivity index (χ4v) is 1.98. The van der Waals surface area contributed by atoms with Crippen molar-refractivity contribution in [1.29, 1.82) is 0 Å². The van der Waals surface area contributed by atoms with Crippen molar-refractivity contribution in [3.05, 3.63) is 0 Å². The number of nitrogens with zero attached hydrogens (tertiary/aromatic N) is 2. The van der Waals surface area contributed by atoms with Crippen LogP contribution in [0.2, 0.25) is 0 Å². The summed E-state index contributed by atoms with van der Waals surface area (Å²) in [4.78, 5) is 12.0. The highest BCUT2D eigenvalue weighted by Crippen LogP contribution is 2.52. The summed E-state index contributed by atoms with van der Waals surface area (Å²) in [6, 6.07) is 0. The number of amides is 1. The second-order valence-corrected chi connectivity index (χ2v) is 12.3. The number of ether oxygens (including phenoxy) is 2. The maximum absolute atomic E-state index is 12.0. The van der Waals surface area contributed by atoms with E-state index in [2.05, 4.69) is 38.4 Å². The van der Waals surface area contributed by atoms with Gasteiger partial charge in [-0.15, -0.1) is 5.10 Å². The van der Waals surface area contributed by atoms with Crippen LogP contribution in [-0.4, -0.2) is 52.3 Å². The van der Waals surface area contributed by atoms with Crippen molar-refractivity contribution in [2.45, 2.75) is 65.7 Å². The smallest absolute Gasteiger partial charge is 0.431 e. The van der Waals surface area contributed by atoms with E-state index in [1.165, 1.54) is 5.01 Å². The largest absolute Gasteiger partial charge is 0.470 e. The van der Waals surface area contributed by atoms with Crippen molar-refractivity contribution in [1.82, 2.24) is 5.01 Å². The molecule has 0 rings (SSSR count). The molecule has 6 heteroatoms. The van der Waals surface area contributed by atoms with Crippen LogP contribution in [0.1, 0.15) is 55.4 Å². The lowest BCUT2D eigenvalue weighted by atomic mass is 10.2. The lowest BCUT2D eigenvalue weighted by molar-refractivity contribution is 0.0259. The number of carbonyl (C=O) groups excluding carboxylic acids is 1. The summed E-state index contributed by atoms with van der Waals surface area (Å²) in [6.45, 7) is 16.2. The third-order valence-electron chi connectivity index (χ3n) is 3.39. The van der Waals surface area contributed by atoms with Crippen molar-refractivity contribution < 1.29 is 14.3 Å². The van der Waals surface area contributed by atoms with E-state index in [-0.39, 0.29) is 4.75 Å². The Bertz CT molecular complexity index is 407. The summed E-state index contributed by atoms with van der Waals surface area (Å²) < 4.78 is 11.3. The zero-order valence-electron chi connectivity index (χ0n) is 15.9. The van der Waals surface area contributed by atoms with Crippen LogP contribution < -0.4 is 0 Å². The predicted octanol–water partition coefficient (Wildman–Crippen LogP) is 4.41. The maximum atomic E-state index is 12.0. The molecule has 0 aromatic heterocycles. The first kappa shape index (κ1) is 21.1. The summed E-state index contributed by atoms with van der Waals surface area (Å²) in [5.41, 5.74) is -0.535. The number of hydrazone groups is 1. The molecule has 132 valence electrons. The Labute approximate surface area is 137 Å². The molecule has 0 saturated heterocycles. The summed E-state index contributed by atoms with van der Waals surface area (Å²) in [5, 5.41) is 5.52.